The van der Waals surface area contributed by atoms with Crippen LogP contribution in [-0.2, 0) is 14.3 Å². The van der Waals surface area contributed by atoms with Gasteiger partial charge >= 0.3 is 5.97 Å². The van der Waals surface area contributed by atoms with Gasteiger partial charge in [0.25, 0.3) is 0 Å². The van der Waals surface area contributed by atoms with Crippen molar-refractivity contribution in [2.24, 2.45) is 11.8 Å². The number of hydrogen-bond donors (Lipinski definition) is 2. The molecule has 1 amide bonds. The minimum Gasteiger partial charge on any atom is -0.481 e. The molecule has 1 saturated heterocycles. The van der Waals surface area contributed by atoms with Crippen LogP contribution in [0.15, 0.2) is 0 Å². The number of carbonyl (C=O) groups is 2. The molecular weight excluding hydrogens is 260 g/mol. The maximum Gasteiger partial charge on any atom is 0.306 e. The number of carbonyl (C=O) groups excluding carboxylic acids is 1. The second kappa shape index (κ2) is 7.04. The van der Waals surface area contributed by atoms with Gasteiger partial charge in [-0.25, -0.2) is 0 Å². The van der Waals surface area contributed by atoms with Gasteiger partial charge in [-0.05, 0) is 32.7 Å². The first kappa shape index (κ1) is 15.3. The number of morpholine rings is 1. The Labute approximate surface area is 119 Å². The van der Waals surface area contributed by atoms with E-state index in [1.165, 1.54) is 0 Å². The van der Waals surface area contributed by atoms with Crippen molar-refractivity contribution in [2.75, 3.05) is 33.3 Å². The van der Waals surface area contributed by atoms with E-state index in [9.17, 15) is 9.59 Å². The van der Waals surface area contributed by atoms with E-state index in [2.05, 4.69) is 10.2 Å². The highest BCUT2D eigenvalue weighted by Crippen LogP contribution is 2.28. The number of rotatable bonds is 4. The lowest BCUT2D eigenvalue weighted by Gasteiger charge is -2.31. The molecule has 0 spiro atoms. The molecule has 2 fully saturated rings. The van der Waals surface area contributed by atoms with Crippen LogP contribution in [0.5, 0.6) is 0 Å². The normalized spacial score (nSPS) is 31.8. The largest absolute Gasteiger partial charge is 0.481 e. The van der Waals surface area contributed by atoms with E-state index in [0.29, 0.717) is 38.8 Å². The zero-order valence-corrected chi connectivity index (χ0v) is 12.0. The quantitative estimate of drug-likeness (QED) is 0.777. The lowest BCUT2D eigenvalue weighted by atomic mass is 9.81. The molecule has 1 aliphatic carbocycles. The molecule has 0 aromatic rings. The molecular formula is C14H24N2O4. The molecule has 1 heterocycles. The van der Waals surface area contributed by atoms with Gasteiger partial charge in [0, 0.05) is 25.6 Å². The summed E-state index contributed by atoms with van der Waals surface area (Å²) in [7, 11) is 2.05. The van der Waals surface area contributed by atoms with Gasteiger partial charge in [-0.15, -0.1) is 0 Å². The van der Waals surface area contributed by atoms with Crippen LogP contribution in [0.25, 0.3) is 0 Å². The fraction of sp³-hybridized carbons (Fsp3) is 0.857. The Morgan fingerprint density at radius 2 is 1.90 bits per heavy atom. The highest BCUT2D eigenvalue weighted by molar-refractivity contribution is 5.79. The fourth-order valence-electron chi connectivity index (χ4n) is 2.95. The molecule has 1 aliphatic heterocycles. The first-order valence-electron chi connectivity index (χ1n) is 7.37. The zero-order valence-electron chi connectivity index (χ0n) is 12.0. The third kappa shape index (κ3) is 4.18. The predicted octanol–water partition coefficient (Wildman–Crippen LogP) is 0.324. The summed E-state index contributed by atoms with van der Waals surface area (Å²) in [6.07, 6.45) is 2.63. The van der Waals surface area contributed by atoms with Gasteiger partial charge in [0.05, 0.1) is 18.6 Å². The number of carboxylic acids is 1. The van der Waals surface area contributed by atoms with Crippen molar-refractivity contribution >= 4 is 11.9 Å². The van der Waals surface area contributed by atoms with Crippen molar-refractivity contribution in [3.8, 4) is 0 Å². The van der Waals surface area contributed by atoms with Gasteiger partial charge < -0.3 is 20.1 Å². The van der Waals surface area contributed by atoms with E-state index in [4.69, 9.17) is 9.84 Å². The van der Waals surface area contributed by atoms with Crippen LogP contribution < -0.4 is 5.32 Å². The summed E-state index contributed by atoms with van der Waals surface area (Å²) in [6.45, 7) is 3.03. The standard InChI is InChI=1S/C14H24N2O4/c1-16-6-7-20-12(9-16)8-15-13(17)10-2-4-11(5-3-10)14(18)19/h10-12H,2-9H2,1H3,(H,15,17)(H,18,19). The van der Waals surface area contributed by atoms with Crippen LogP contribution in [0.3, 0.4) is 0 Å². The smallest absolute Gasteiger partial charge is 0.306 e. The van der Waals surface area contributed by atoms with E-state index in [-0.39, 0.29) is 23.8 Å². The summed E-state index contributed by atoms with van der Waals surface area (Å²) >= 11 is 0. The Kier molecular flexibility index (Phi) is 5.37. The Bertz CT molecular complexity index is 353. The van der Waals surface area contributed by atoms with Gasteiger partial charge in [-0.1, -0.05) is 0 Å². The predicted molar refractivity (Wildman–Crippen MR) is 73.3 cm³/mol. The van der Waals surface area contributed by atoms with Crippen molar-refractivity contribution in [1.29, 1.82) is 0 Å². The maximum atomic E-state index is 12.1. The van der Waals surface area contributed by atoms with Crippen molar-refractivity contribution in [3.05, 3.63) is 0 Å². The third-order valence-electron chi connectivity index (χ3n) is 4.29. The molecule has 1 saturated carbocycles. The summed E-state index contributed by atoms with van der Waals surface area (Å²) in [5.41, 5.74) is 0. The summed E-state index contributed by atoms with van der Waals surface area (Å²) in [5.74, 6) is -0.991. The second-order valence-electron chi connectivity index (χ2n) is 5.89. The number of nitrogens with one attached hydrogen (secondary N) is 1. The van der Waals surface area contributed by atoms with E-state index < -0.39 is 5.97 Å². The second-order valence-corrected chi connectivity index (χ2v) is 5.89. The van der Waals surface area contributed by atoms with E-state index in [1.54, 1.807) is 0 Å². The summed E-state index contributed by atoms with van der Waals surface area (Å²) < 4.78 is 5.60. The van der Waals surface area contributed by atoms with Gasteiger partial charge in [0.2, 0.25) is 5.91 Å². The molecule has 0 aromatic carbocycles. The molecule has 20 heavy (non-hydrogen) atoms. The Hall–Kier alpha value is -1.14. The number of nitrogens with zero attached hydrogens (tertiary/aromatic N) is 1. The molecule has 1 atom stereocenters. The maximum absolute atomic E-state index is 12.1. The number of aliphatic carboxylic acids is 1. The molecule has 2 aliphatic rings. The number of likely N-dealkylation sites (N-methyl/N-ethyl adjacent to an activating group) is 1. The summed E-state index contributed by atoms with van der Waals surface area (Å²) in [4.78, 5) is 25.1. The average Bonchev–Trinajstić information content (AvgIpc) is 2.45. The average molecular weight is 284 g/mol. The van der Waals surface area contributed by atoms with Crippen LogP contribution in [-0.4, -0.2) is 61.3 Å². The summed E-state index contributed by atoms with van der Waals surface area (Å²) in [6, 6.07) is 0. The van der Waals surface area contributed by atoms with E-state index >= 15 is 0 Å². The Balaban J connectivity index is 1.69. The number of ether oxygens (including phenoxy) is 1. The molecule has 0 aromatic heterocycles. The van der Waals surface area contributed by atoms with Gasteiger partial charge in [-0.3, -0.25) is 9.59 Å². The highest BCUT2D eigenvalue weighted by atomic mass is 16.5. The van der Waals surface area contributed by atoms with Crippen LogP contribution >= 0.6 is 0 Å². The topological polar surface area (TPSA) is 78.9 Å². The zero-order chi connectivity index (χ0) is 14.5. The van der Waals surface area contributed by atoms with Crippen LogP contribution in [0, 0.1) is 11.8 Å². The monoisotopic (exact) mass is 284 g/mol. The lowest BCUT2D eigenvalue weighted by Crippen LogP contribution is -2.47. The first-order chi connectivity index (χ1) is 9.56. The van der Waals surface area contributed by atoms with Crippen molar-refractivity contribution in [3.63, 3.8) is 0 Å². The van der Waals surface area contributed by atoms with E-state index in [1.807, 2.05) is 7.05 Å². The fourth-order valence-corrected chi connectivity index (χ4v) is 2.95. The minimum atomic E-state index is -0.734. The third-order valence-corrected chi connectivity index (χ3v) is 4.29. The van der Waals surface area contributed by atoms with Crippen molar-refractivity contribution < 1.29 is 19.4 Å². The van der Waals surface area contributed by atoms with E-state index in [0.717, 1.165) is 13.1 Å². The Morgan fingerprint density at radius 3 is 2.50 bits per heavy atom. The number of amides is 1. The lowest BCUT2D eigenvalue weighted by molar-refractivity contribution is -0.144. The SMILES string of the molecule is CN1CCOC(CNC(=O)C2CCC(C(=O)O)CC2)C1. The van der Waals surface area contributed by atoms with Crippen LogP contribution in [0.1, 0.15) is 25.7 Å². The summed E-state index contributed by atoms with van der Waals surface area (Å²) in [5, 5.41) is 11.9. The molecule has 0 bridgehead atoms. The van der Waals surface area contributed by atoms with Crippen LogP contribution in [0.4, 0.5) is 0 Å². The minimum absolute atomic E-state index is 0.0353. The molecule has 6 heteroatoms. The molecule has 114 valence electrons. The van der Waals surface area contributed by atoms with Crippen molar-refractivity contribution in [1.82, 2.24) is 10.2 Å². The molecule has 1 unspecified atom stereocenters. The molecule has 0 radical (unpaired) electrons. The first-order valence-corrected chi connectivity index (χ1v) is 7.37. The van der Waals surface area contributed by atoms with Crippen LogP contribution in [0.2, 0.25) is 0 Å². The van der Waals surface area contributed by atoms with Crippen molar-refractivity contribution in [2.45, 2.75) is 31.8 Å². The molecule has 2 N–H and O–H groups in total. The number of hydrogen-bond acceptors (Lipinski definition) is 4. The highest BCUT2D eigenvalue weighted by Gasteiger charge is 2.30. The molecule has 6 nitrogen and oxygen atoms in total. The number of carboxylic acid groups (broad SMARTS) is 1. The molecule has 2 rings (SSSR count). The van der Waals surface area contributed by atoms with Gasteiger partial charge in [-0.2, -0.15) is 0 Å². The van der Waals surface area contributed by atoms with Gasteiger partial charge in [0.15, 0.2) is 0 Å². The van der Waals surface area contributed by atoms with Gasteiger partial charge in [0.1, 0.15) is 0 Å². The Morgan fingerprint density at radius 1 is 1.25 bits per heavy atom.